The second-order valence-electron chi connectivity index (χ2n) is 7.40. The first-order chi connectivity index (χ1) is 14.1. The summed E-state index contributed by atoms with van der Waals surface area (Å²) in [4.78, 5) is 24.0. The third kappa shape index (κ3) is 4.21. The predicted molar refractivity (Wildman–Crippen MR) is 117 cm³/mol. The fourth-order valence-electron chi connectivity index (χ4n) is 3.61. The fraction of sp³-hybridized carbons (Fsp3) is 0.261. The predicted octanol–water partition coefficient (Wildman–Crippen LogP) is 5.08. The number of fused-ring (bicyclic) bond motifs is 1. The smallest absolute Gasteiger partial charge is 0.327 e. The number of amides is 2. The number of aryl methyl sites for hydroxylation is 1. The summed E-state index contributed by atoms with van der Waals surface area (Å²) in [7, 11) is 0. The van der Waals surface area contributed by atoms with Crippen LogP contribution in [0.5, 0.6) is 0 Å². The van der Waals surface area contributed by atoms with Crippen molar-refractivity contribution < 1.29 is 4.79 Å². The van der Waals surface area contributed by atoms with Gasteiger partial charge in [0.25, 0.3) is 0 Å². The van der Waals surface area contributed by atoms with Gasteiger partial charge in [-0.05, 0) is 57.0 Å². The van der Waals surface area contributed by atoms with Gasteiger partial charge in [0.1, 0.15) is 0 Å². The Balaban J connectivity index is 1.74. The normalized spacial score (nSPS) is 16.2. The maximum Gasteiger partial charge on any atom is 0.327 e. The molecule has 0 aliphatic carbocycles. The van der Waals surface area contributed by atoms with E-state index in [0.717, 1.165) is 36.3 Å². The highest BCUT2D eigenvalue weighted by molar-refractivity contribution is 6.03. The molecule has 0 saturated carbocycles. The van der Waals surface area contributed by atoms with Crippen LogP contribution >= 0.6 is 0 Å². The van der Waals surface area contributed by atoms with E-state index in [4.69, 9.17) is 4.98 Å². The first kappa shape index (κ1) is 18.9. The standard InChI is InChI=1S/C23H25N5O/c1-16-6-3-8-18(14-16)20-10-11-21-22(27-20)28(17(2)7-4-13-25-21)23(29)26-19-9-5-12-24-15-19/h3,5-6,8-12,14-15,17,25H,4,7,13H2,1-2H3,(H,26,29)/t17-/m1/s1. The van der Waals surface area contributed by atoms with Gasteiger partial charge in [-0.3, -0.25) is 9.88 Å². The monoisotopic (exact) mass is 387 g/mol. The number of rotatable bonds is 2. The number of anilines is 3. The zero-order valence-electron chi connectivity index (χ0n) is 16.7. The summed E-state index contributed by atoms with van der Waals surface area (Å²) in [6.45, 7) is 4.99. The molecule has 0 bridgehead atoms. The molecular formula is C23H25N5O. The van der Waals surface area contributed by atoms with Crippen LogP contribution in [0, 0.1) is 6.92 Å². The van der Waals surface area contributed by atoms with Gasteiger partial charge in [-0.15, -0.1) is 0 Å². The Labute approximate surface area is 171 Å². The first-order valence-electron chi connectivity index (χ1n) is 9.94. The Hall–Kier alpha value is -3.41. The van der Waals surface area contributed by atoms with E-state index >= 15 is 0 Å². The second-order valence-corrected chi connectivity index (χ2v) is 7.40. The van der Waals surface area contributed by atoms with Crippen molar-refractivity contribution in [2.75, 3.05) is 22.1 Å². The van der Waals surface area contributed by atoms with E-state index in [1.165, 1.54) is 5.56 Å². The molecule has 1 aromatic carbocycles. The second kappa shape index (κ2) is 8.31. The van der Waals surface area contributed by atoms with Crippen molar-refractivity contribution in [3.05, 3.63) is 66.5 Å². The lowest BCUT2D eigenvalue weighted by Crippen LogP contribution is -2.43. The van der Waals surface area contributed by atoms with Crippen molar-refractivity contribution in [2.24, 2.45) is 0 Å². The van der Waals surface area contributed by atoms with E-state index < -0.39 is 0 Å². The molecule has 0 fully saturated rings. The molecule has 3 aromatic rings. The summed E-state index contributed by atoms with van der Waals surface area (Å²) in [5.41, 5.74) is 4.59. The van der Waals surface area contributed by atoms with Gasteiger partial charge in [0, 0.05) is 24.3 Å². The van der Waals surface area contributed by atoms with Crippen molar-refractivity contribution in [1.82, 2.24) is 9.97 Å². The van der Waals surface area contributed by atoms with E-state index in [0.29, 0.717) is 11.5 Å². The highest BCUT2D eigenvalue weighted by Gasteiger charge is 2.27. The third-order valence-corrected chi connectivity index (χ3v) is 5.10. The van der Waals surface area contributed by atoms with Gasteiger partial charge in [-0.2, -0.15) is 0 Å². The van der Waals surface area contributed by atoms with E-state index in [1.807, 2.05) is 30.3 Å². The summed E-state index contributed by atoms with van der Waals surface area (Å²) in [5, 5.41) is 6.38. The van der Waals surface area contributed by atoms with Gasteiger partial charge >= 0.3 is 6.03 Å². The number of carbonyl (C=O) groups excluding carboxylic acids is 1. The largest absolute Gasteiger partial charge is 0.382 e. The quantitative estimate of drug-likeness (QED) is 0.643. The van der Waals surface area contributed by atoms with Crippen molar-refractivity contribution in [1.29, 1.82) is 0 Å². The molecule has 4 rings (SSSR count). The number of benzene rings is 1. The molecule has 148 valence electrons. The Bertz CT molecular complexity index is 1010. The molecule has 2 amide bonds. The number of pyridine rings is 2. The van der Waals surface area contributed by atoms with Crippen molar-refractivity contribution in [3.63, 3.8) is 0 Å². The van der Waals surface area contributed by atoms with Crippen LogP contribution in [-0.4, -0.2) is 28.6 Å². The van der Waals surface area contributed by atoms with Gasteiger partial charge in [0.15, 0.2) is 5.82 Å². The summed E-state index contributed by atoms with van der Waals surface area (Å²) >= 11 is 0. The van der Waals surface area contributed by atoms with Crippen LogP contribution in [0.1, 0.15) is 25.3 Å². The molecule has 1 atom stereocenters. The molecule has 29 heavy (non-hydrogen) atoms. The molecule has 0 saturated heterocycles. The molecule has 2 N–H and O–H groups in total. The van der Waals surface area contributed by atoms with Gasteiger partial charge in [0.2, 0.25) is 0 Å². The molecule has 2 aromatic heterocycles. The van der Waals surface area contributed by atoms with Gasteiger partial charge in [0.05, 0.1) is 23.3 Å². The zero-order valence-corrected chi connectivity index (χ0v) is 16.7. The number of aromatic nitrogens is 2. The lowest BCUT2D eigenvalue weighted by Gasteiger charge is -2.32. The van der Waals surface area contributed by atoms with Crippen LogP contribution in [0.3, 0.4) is 0 Å². The average molecular weight is 387 g/mol. The minimum absolute atomic E-state index is 0.0211. The van der Waals surface area contributed by atoms with E-state index in [9.17, 15) is 4.79 Å². The van der Waals surface area contributed by atoms with Gasteiger partial charge in [-0.25, -0.2) is 9.78 Å². The van der Waals surface area contributed by atoms with Crippen LogP contribution in [0.15, 0.2) is 60.9 Å². The number of nitrogens with zero attached hydrogens (tertiary/aromatic N) is 3. The molecule has 6 heteroatoms. The Morgan fingerprint density at radius 3 is 2.90 bits per heavy atom. The SMILES string of the molecule is Cc1cccc(-c2ccc3c(n2)N(C(=O)Nc2cccnc2)[C@H](C)CCCN3)c1. The topological polar surface area (TPSA) is 70.2 Å². The average Bonchev–Trinajstić information content (AvgIpc) is 2.71. The molecule has 1 aliphatic rings. The number of carbonyl (C=O) groups is 1. The Morgan fingerprint density at radius 1 is 1.21 bits per heavy atom. The van der Waals surface area contributed by atoms with Crippen molar-refractivity contribution >= 4 is 23.2 Å². The van der Waals surface area contributed by atoms with Crippen LogP contribution in [-0.2, 0) is 0 Å². The van der Waals surface area contributed by atoms with Crippen LogP contribution in [0.2, 0.25) is 0 Å². The Kier molecular flexibility index (Phi) is 5.42. The molecule has 0 spiro atoms. The van der Waals surface area contributed by atoms with Crippen LogP contribution in [0.25, 0.3) is 11.3 Å². The molecule has 3 heterocycles. The van der Waals surface area contributed by atoms with Crippen molar-refractivity contribution in [3.8, 4) is 11.3 Å². The summed E-state index contributed by atoms with van der Waals surface area (Å²) in [5.74, 6) is 0.651. The van der Waals surface area contributed by atoms with E-state index in [1.54, 1.807) is 23.4 Å². The number of urea groups is 1. The first-order valence-corrected chi connectivity index (χ1v) is 9.94. The highest BCUT2D eigenvalue weighted by atomic mass is 16.2. The molecule has 1 aliphatic heterocycles. The summed E-state index contributed by atoms with van der Waals surface area (Å²) in [6.07, 6.45) is 5.20. The maximum absolute atomic E-state index is 13.2. The summed E-state index contributed by atoms with van der Waals surface area (Å²) in [6, 6.07) is 15.7. The lowest BCUT2D eigenvalue weighted by molar-refractivity contribution is 0.254. The number of hydrogen-bond donors (Lipinski definition) is 2. The lowest BCUT2D eigenvalue weighted by atomic mass is 10.1. The molecular weight excluding hydrogens is 362 g/mol. The molecule has 6 nitrogen and oxygen atoms in total. The van der Waals surface area contributed by atoms with E-state index in [2.05, 4.69) is 41.6 Å². The third-order valence-electron chi connectivity index (χ3n) is 5.10. The minimum atomic E-state index is -0.204. The van der Waals surface area contributed by atoms with Crippen molar-refractivity contribution in [2.45, 2.75) is 32.7 Å². The minimum Gasteiger partial charge on any atom is -0.382 e. The van der Waals surface area contributed by atoms with Gasteiger partial charge < -0.3 is 10.6 Å². The highest BCUT2D eigenvalue weighted by Crippen LogP contribution is 2.32. The van der Waals surface area contributed by atoms with Crippen LogP contribution < -0.4 is 15.5 Å². The van der Waals surface area contributed by atoms with E-state index in [-0.39, 0.29) is 12.1 Å². The summed E-state index contributed by atoms with van der Waals surface area (Å²) < 4.78 is 0. The van der Waals surface area contributed by atoms with Gasteiger partial charge in [-0.1, -0.05) is 23.8 Å². The Morgan fingerprint density at radius 2 is 2.10 bits per heavy atom. The zero-order chi connectivity index (χ0) is 20.2. The number of hydrogen-bond acceptors (Lipinski definition) is 4. The fourth-order valence-corrected chi connectivity index (χ4v) is 3.61. The molecule has 0 unspecified atom stereocenters. The number of nitrogens with one attached hydrogen (secondary N) is 2. The molecule has 0 radical (unpaired) electrons. The maximum atomic E-state index is 13.2. The van der Waals surface area contributed by atoms with Crippen LogP contribution in [0.4, 0.5) is 22.0 Å².